The fourth-order valence-corrected chi connectivity index (χ4v) is 4.34. The lowest BCUT2D eigenvalue weighted by atomic mass is 10.0. The number of rotatable bonds is 3. The van der Waals surface area contributed by atoms with E-state index in [-0.39, 0.29) is 6.04 Å². The molecule has 4 rings (SSSR count). The maximum absolute atomic E-state index is 12.9. The number of hydrogen-bond acceptors (Lipinski definition) is 3. The summed E-state index contributed by atoms with van der Waals surface area (Å²) in [6.45, 7) is 5.23. The van der Waals surface area contributed by atoms with Crippen LogP contribution in [0, 0.1) is 0 Å². The number of carbonyl (C=O) groups is 1. The van der Waals surface area contributed by atoms with E-state index in [2.05, 4.69) is 17.0 Å². The van der Waals surface area contributed by atoms with Gasteiger partial charge < -0.3 is 19.3 Å². The Bertz CT molecular complexity index is 613. The molecule has 0 aliphatic carbocycles. The minimum Gasteiger partial charge on any atom is -0.490 e. The van der Waals surface area contributed by atoms with Crippen molar-refractivity contribution in [3.8, 4) is 11.5 Å². The minimum absolute atomic E-state index is 0.189. The monoisotopic (exact) mass is 345 g/mol. The lowest BCUT2D eigenvalue weighted by Crippen LogP contribution is -3.13. The Hall–Kier alpha value is -1.75. The van der Waals surface area contributed by atoms with Gasteiger partial charge in [-0.15, -0.1) is 0 Å². The molecule has 5 heteroatoms. The van der Waals surface area contributed by atoms with Crippen LogP contribution in [-0.2, 0) is 4.79 Å². The highest BCUT2D eigenvalue weighted by Gasteiger charge is 2.32. The van der Waals surface area contributed by atoms with E-state index in [9.17, 15) is 4.79 Å². The number of quaternary nitrogens is 1. The van der Waals surface area contributed by atoms with Gasteiger partial charge in [-0.05, 0) is 49.8 Å². The molecule has 136 valence electrons. The molecule has 5 nitrogen and oxygen atoms in total. The maximum Gasteiger partial charge on any atom is 0.278 e. The molecule has 2 saturated heterocycles. The predicted octanol–water partition coefficient (Wildman–Crippen LogP) is 1.58. The van der Waals surface area contributed by atoms with Crippen molar-refractivity contribution in [2.45, 2.75) is 44.6 Å². The van der Waals surface area contributed by atoms with Gasteiger partial charge in [-0.2, -0.15) is 0 Å². The third-order valence-corrected chi connectivity index (χ3v) is 5.69. The number of amides is 1. The van der Waals surface area contributed by atoms with Gasteiger partial charge in [0.2, 0.25) is 0 Å². The van der Waals surface area contributed by atoms with Gasteiger partial charge >= 0.3 is 0 Å². The Morgan fingerprint density at radius 2 is 1.84 bits per heavy atom. The van der Waals surface area contributed by atoms with Crippen LogP contribution in [0.4, 0.5) is 0 Å². The van der Waals surface area contributed by atoms with Gasteiger partial charge in [0.25, 0.3) is 5.91 Å². The number of likely N-dealkylation sites (tertiary alicyclic amines) is 2. The zero-order chi connectivity index (χ0) is 17.1. The van der Waals surface area contributed by atoms with Crippen LogP contribution in [0.1, 0.15) is 50.1 Å². The second-order valence-electron chi connectivity index (χ2n) is 7.49. The molecule has 1 aromatic carbocycles. The molecule has 3 aliphatic heterocycles. The van der Waals surface area contributed by atoms with E-state index in [1.165, 1.54) is 29.7 Å². The zero-order valence-electron chi connectivity index (χ0n) is 15.0. The quantitative estimate of drug-likeness (QED) is 0.905. The van der Waals surface area contributed by atoms with Crippen molar-refractivity contribution in [3.05, 3.63) is 23.8 Å². The first-order valence-corrected chi connectivity index (χ1v) is 9.84. The Labute approximate surface area is 149 Å². The van der Waals surface area contributed by atoms with Crippen molar-refractivity contribution >= 4 is 5.91 Å². The average molecular weight is 345 g/mol. The van der Waals surface area contributed by atoms with Crippen molar-refractivity contribution in [1.29, 1.82) is 0 Å². The average Bonchev–Trinajstić information content (AvgIpc) is 3.01. The number of fused-ring (bicyclic) bond motifs is 1. The lowest BCUT2D eigenvalue weighted by molar-refractivity contribution is -0.897. The fraction of sp³-hybridized carbons (Fsp3) is 0.650. The Morgan fingerprint density at radius 3 is 2.68 bits per heavy atom. The highest BCUT2D eigenvalue weighted by atomic mass is 16.5. The van der Waals surface area contributed by atoms with Gasteiger partial charge in [0.15, 0.2) is 18.0 Å². The van der Waals surface area contributed by atoms with E-state index in [1.54, 1.807) is 0 Å². The normalized spacial score (nSPS) is 24.2. The summed E-state index contributed by atoms with van der Waals surface area (Å²) in [5.41, 5.74) is 1.18. The highest BCUT2D eigenvalue weighted by molar-refractivity contribution is 5.78. The molecule has 3 aliphatic rings. The largest absolute Gasteiger partial charge is 0.490 e. The van der Waals surface area contributed by atoms with Crippen LogP contribution in [0.5, 0.6) is 11.5 Å². The topological polar surface area (TPSA) is 43.2 Å². The number of ether oxygens (including phenoxy) is 2. The summed E-state index contributed by atoms with van der Waals surface area (Å²) in [6.07, 6.45) is 6.88. The van der Waals surface area contributed by atoms with Crippen LogP contribution in [0.3, 0.4) is 0 Å². The van der Waals surface area contributed by atoms with Crippen LogP contribution < -0.4 is 14.4 Å². The molecule has 0 aromatic heterocycles. The summed E-state index contributed by atoms with van der Waals surface area (Å²) in [5, 5.41) is 0. The first-order valence-electron chi connectivity index (χ1n) is 9.84. The number of nitrogens with zero attached hydrogens (tertiary/aromatic N) is 1. The number of carbonyl (C=O) groups excluding carboxylic acids is 1. The molecule has 2 fully saturated rings. The fourth-order valence-electron chi connectivity index (χ4n) is 4.34. The zero-order valence-corrected chi connectivity index (χ0v) is 15.0. The second kappa shape index (κ2) is 7.65. The molecule has 1 atom stereocenters. The van der Waals surface area contributed by atoms with Gasteiger partial charge in [-0.3, -0.25) is 4.79 Å². The standard InChI is InChI=1S/C20H28N2O3/c23-20(15-21-9-2-1-3-10-21)22-11-4-6-17(22)16-7-8-18-19(14-16)25-13-5-12-24-18/h7-8,14,17H,1-6,9-13,15H2/p+1/t17-/m1/s1. The second-order valence-corrected chi connectivity index (χ2v) is 7.49. The molecule has 1 aromatic rings. The first-order chi connectivity index (χ1) is 12.3. The molecule has 0 bridgehead atoms. The molecule has 0 saturated carbocycles. The number of nitrogens with one attached hydrogen (secondary N) is 1. The van der Waals surface area contributed by atoms with Gasteiger partial charge in [-0.25, -0.2) is 0 Å². The van der Waals surface area contributed by atoms with E-state index < -0.39 is 0 Å². The molecule has 1 N–H and O–H groups in total. The summed E-state index contributed by atoms with van der Waals surface area (Å²) in [6, 6.07) is 6.39. The van der Waals surface area contributed by atoms with E-state index >= 15 is 0 Å². The van der Waals surface area contributed by atoms with Crippen LogP contribution >= 0.6 is 0 Å². The van der Waals surface area contributed by atoms with Crippen molar-refractivity contribution < 1.29 is 19.2 Å². The van der Waals surface area contributed by atoms with Gasteiger partial charge in [0, 0.05) is 13.0 Å². The molecular formula is C20H29N2O3+. The summed E-state index contributed by atoms with van der Waals surface area (Å²) in [7, 11) is 0. The molecule has 0 spiro atoms. The SMILES string of the molecule is O=C(C[NH+]1CCCCC1)N1CCC[C@@H]1c1ccc2c(c1)OCCCO2. The van der Waals surface area contributed by atoms with Crippen LogP contribution in [-0.4, -0.2) is 50.2 Å². The van der Waals surface area contributed by atoms with E-state index in [0.29, 0.717) is 25.7 Å². The third kappa shape index (κ3) is 3.76. The molecular weight excluding hydrogens is 316 g/mol. The van der Waals surface area contributed by atoms with E-state index in [1.807, 2.05) is 6.07 Å². The molecule has 0 radical (unpaired) electrons. The number of piperidine rings is 1. The summed E-state index contributed by atoms with van der Waals surface area (Å²) >= 11 is 0. The number of hydrogen-bond donors (Lipinski definition) is 1. The predicted molar refractivity (Wildman–Crippen MR) is 95.2 cm³/mol. The molecule has 1 amide bonds. The van der Waals surface area contributed by atoms with Crippen LogP contribution in [0.25, 0.3) is 0 Å². The first kappa shape index (κ1) is 16.7. The van der Waals surface area contributed by atoms with Crippen molar-refractivity contribution in [2.24, 2.45) is 0 Å². The Kier molecular flexibility index (Phi) is 5.11. The summed E-state index contributed by atoms with van der Waals surface area (Å²) in [5.74, 6) is 1.97. The van der Waals surface area contributed by atoms with Crippen molar-refractivity contribution in [2.75, 3.05) is 39.4 Å². The van der Waals surface area contributed by atoms with E-state index in [4.69, 9.17) is 9.47 Å². The van der Waals surface area contributed by atoms with Crippen molar-refractivity contribution in [1.82, 2.24) is 4.90 Å². The van der Waals surface area contributed by atoms with Gasteiger partial charge in [0.05, 0.1) is 32.3 Å². The third-order valence-electron chi connectivity index (χ3n) is 5.69. The summed E-state index contributed by atoms with van der Waals surface area (Å²) in [4.78, 5) is 16.4. The lowest BCUT2D eigenvalue weighted by Gasteiger charge is -2.29. The smallest absolute Gasteiger partial charge is 0.278 e. The molecule has 3 heterocycles. The summed E-state index contributed by atoms with van der Waals surface area (Å²) < 4.78 is 11.6. The maximum atomic E-state index is 12.9. The van der Waals surface area contributed by atoms with E-state index in [0.717, 1.165) is 50.4 Å². The minimum atomic E-state index is 0.189. The van der Waals surface area contributed by atoms with Crippen molar-refractivity contribution in [3.63, 3.8) is 0 Å². The van der Waals surface area contributed by atoms with Gasteiger partial charge in [-0.1, -0.05) is 6.07 Å². The van der Waals surface area contributed by atoms with Crippen LogP contribution in [0.2, 0.25) is 0 Å². The number of benzene rings is 1. The van der Waals surface area contributed by atoms with Gasteiger partial charge in [0.1, 0.15) is 0 Å². The molecule has 0 unspecified atom stereocenters. The highest BCUT2D eigenvalue weighted by Crippen LogP contribution is 2.37. The van der Waals surface area contributed by atoms with Crippen LogP contribution in [0.15, 0.2) is 18.2 Å². The Balaban J connectivity index is 1.47. The molecule has 25 heavy (non-hydrogen) atoms. The Morgan fingerprint density at radius 1 is 1.04 bits per heavy atom.